The van der Waals surface area contributed by atoms with Gasteiger partial charge in [-0.3, -0.25) is 24.0 Å². The molecule has 1 aromatic heterocycles. The van der Waals surface area contributed by atoms with E-state index in [2.05, 4.69) is 39.7 Å². The first-order valence-electron chi connectivity index (χ1n) is 25.3. The Morgan fingerprint density at radius 3 is 2.19 bits per heavy atom. The van der Waals surface area contributed by atoms with E-state index in [1.165, 1.54) is 0 Å². The van der Waals surface area contributed by atoms with Crippen LogP contribution in [-0.4, -0.2) is 130 Å². The van der Waals surface area contributed by atoms with Gasteiger partial charge in [-0.2, -0.15) is 0 Å². The Hall–Kier alpha value is -5.43. The van der Waals surface area contributed by atoms with Crippen LogP contribution in [0.2, 0.25) is 10.0 Å². The first-order valence-corrected chi connectivity index (χ1v) is 26.0. The molecular weight excluding hydrogens is 978 g/mol. The minimum atomic E-state index is -1.08. The van der Waals surface area contributed by atoms with Crippen LogP contribution in [-0.2, 0) is 45.8 Å². The number of halogens is 2. The number of ketones is 1. The van der Waals surface area contributed by atoms with Gasteiger partial charge < -0.3 is 55.2 Å². The average Bonchev–Trinajstić information content (AvgIpc) is 3.88. The maximum atomic E-state index is 13.9. The molecule has 2 saturated carbocycles. The number of urea groups is 1. The van der Waals surface area contributed by atoms with Crippen LogP contribution < -0.4 is 31.3 Å². The van der Waals surface area contributed by atoms with Crippen molar-refractivity contribution in [2.45, 2.75) is 130 Å². The summed E-state index contributed by atoms with van der Waals surface area (Å²) in [4.78, 5) is 85.9. The Labute approximate surface area is 438 Å². The number of aromatic nitrogens is 2. The van der Waals surface area contributed by atoms with Gasteiger partial charge in [0.1, 0.15) is 30.5 Å². The average molecular weight is 1050 g/mol. The lowest BCUT2D eigenvalue weighted by Gasteiger charge is -2.38. The molecule has 0 radical (unpaired) electrons. The fourth-order valence-electron chi connectivity index (χ4n) is 10.5. The largest absolute Gasteiger partial charge is 0.491 e. The van der Waals surface area contributed by atoms with Gasteiger partial charge in [-0.15, -0.1) is 0 Å². The number of ether oxygens (including phenoxy) is 3. The number of Topliss-reactive ketones (excluding diaryl/α,β-unsaturated/α-hetero) is 1. The number of nitrogens with zero attached hydrogens (tertiary/aromatic N) is 5. The fraction of sp³-hybridized carbons (Fsp3) is 0.604. The Kier molecular flexibility index (Phi) is 16.8. The number of likely N-dealkylation sites (tertiary alicyclic amines) is 1. The second-order valence-corrected chi connectivity index (χ2v) is 23.7. The number of anilines is 1. The van der Waals surface area contributed by atoms with E-state index in [-0.39, 0.29) is 41.1 Å². The van der Waals surface area contributed by atoms with E-state index in [1.807, 2.05) is 87.5 Å². The number of primary amides is 1. The Morgan fingerprint density at radius 1 is 0.945 bits per heavy atom. The summed E-state index contributed by atoms with van der Waals surface area (Å²) in [6.45, 7) is 21.5. The van der Waals surface area contributed by atoms with E-state index >= 15 is 0 Å². The van der Waals surface area contributed by atoms with Crippen molar-refractivity contribution in [2.75, 3.05) is 50.8 Å². The monoisotopic (exact) mass is 1050 g/mol. The van der Waals surface area contributed by atoms with Gasteiger partial charge in [0.15, 0.2) is 0 Å². The lowest BCUT2D eigenvalue weighted by Crippen LogP contribution is -2.62. The summed E-state index contributed by atoms with van der Waals surface area (Å²) >= 11 is 12.7. The van der Waals surface area contributed by atoms with Gasteiger partial charge in [-0.05, 0) is 92.2 Å². The second-order valence-electron chi connectivity index (χ2n) is 22.8. The standard InChI is InChI=1S/C27H45N5O5.C26H28Cl2N4O4/c1-25(2,3)20(30-24(37)31-26(4,5)6)23(36)32-13-15-17(27(15,7)8)18(32)22(35)29-16(19(33)21(28)34)12-14-10-9-11-14;1-19(33)31-10-12-32(13-11-31)21-3-5-22(6-4-21)34-15-23-16-35-26(36-23,17-30-9-8-29-18-30)24-7-2-20(27)14-25(24)28/h14-18,20H,9-13H2,1-8H3,(H2,28,34)(H,29,35)(H2,30,31,37);2-9,14,18,23H,10-13,15-17H2,1H3/t15-,16?,17-,18-,20+;23-,26-/m00/s1. The molecule has 6 amide bonds. The van der Waals surface area contributed by atoms with Crippen molar-refractivity contribution in [2.24, 2.45) is 34.3 Å². The highest BCUT2D eigenvalue weighted by molar-refractivity contribution is 6.38. The van der Waals surface area contributed by atoms with Crippen molar-refractivity contribution >= 4 is 64.3 Å². The fourth-order valence-corrected chi connectivity index (χ4v) is 11.0. The maximum absolute atomic E-state index is 13.9. The molecule has 4 heterocycles. The number of carbonyl (C=O) groups is 6. The third-order valence-electron chi connectivity index (χ3n) is 14.8. The highest BCUT2D eigenvalue weighted by Gasteiger charge is 2.70. The van der Waals surface area contributed by atoms with Crippen LogP contribution in [0, 0.1) is 28.6 Å². The molecule has 20 heteroatoms. The Morgan fingerprint density at radius 2 is 1.63 bits per heavy atom. The normalized spacial score (nSPS) is 24.2. The summed E-state index contributed by atoms with van der Waals surface area (Å²) in [7, 11) is 0. The van der Waals surface area contributed by atoms with Crippen molar-refractivity contribution in [3.05, 3.63) is 76.8 Å². The van der Waals surface area contributed by atoms with Crippen molar-refractivity contribution in [1.82, 2.24) is 35.3 Å². The molecule has 1 unspecified atom stereocenters. The minimum Gasteiger partial charge on any atom is -0.491 e. The van der Waals surface area contributed by atoms with Crippen LogP contribution in [0.25, 0.3) is 0 Å². The van der Waals surface area contributed by atoms with Gasteiger partial charge in [0.05, 0.1) is 30.5 Å². The molecule has 3 saturated heterocycles. The summed E-state index contributed by atoms with van der Waals surface area (Å²) in [6, 6.07) is 10.2. The predicted octanol–water partition coefficient (Wildman–Crippen LogP) is 5.92. The summed E-state index contributed by atoms with van der Waals surface area (Å²) in [6.07, 6.45) is 8.29. The molecule has 2 aromatic carbocycles. The summed E-state index contributed by atoms with van der Waals surface area (Å²) in [5.74, 6) is -2.55. The molecule has 18 nitrogen and oxygen atoms in total. The molecule has 3 aliphatic heterocycles. The van der Waals surface area contributed by atoms with Crippen molar-refractivity contribution in [3.63, 3.8) is 0 Å². The van der Waals surface area contributed by atoms with Crippen molar-refractivity contribution < 1.29 is 43.0 Å². The van der Waals surface area contributed by atoms with Gasteiger partial charge in [0, 0.05) is 73.9 Å². The van der Waals surface area contributed by atoms with E-state index in [0.29, 0.717) is 48.3 Å². The number of piperidine rings is 1. The molecule has 5 N–H and O–H groups in total. The molecule has 7 atom stereocenters. The summed E-state index contributed by atoms with van der Waals surface area (Å²) < 4.78 is 20.6. The number of piperazine rings is 1. The molecule has 5 aliphatic rings. The van der Waals surface area contributed by atoms with E-state index < -0.39 is 58.5 Å². The number of fused-ring (bicyclic) bond motifs is 1. The van der Waals surface area contributed by atoms with Crippen LogP contribution >= 0.6 is 23.2 Å². The van der Waals surface area contributed by atoms with Gasteiger partial charge in [0.2, 0.25) is 29.3 Å². The van der Waals surface area contributed by atoms with E-state index in [4.69, 9.17) is 43.1 Å². The van der Waals surface area contributed by atoms with Gasteiger partial charge >= 0.3 is 6.03 Å². The van der Waals surface area contributed by atoms with Crippen molar-refractivity contribution in [3.8, 4) is 5.75 Å². The van der Waals surface area contributed by atoms with E-state index in [1.54, 1.807) is 36.5 Å². The van der Waals surface area contributed by atoms with Gasteiger partial charge in [-0.1, -0.05) is 83.1 Å². The number of rotatable bonds is 15. The van der Waals surface area contributed by atoms with Crippen LogP contribution in [0.15, 0.2) is 61.2 Å². The van der Waals surface area contributed by atoms with Crippen LogP contribution in [0.5, 0.6) is 5.75 Å². The van der Waals surface area contributed by atoms with Crippen LogP contribution in [0.3, 0.4) is 0 Å². The number of nitrogens with two attached hydrogens (primary N) is 1. The first-order chi connectivity index (χ1) is 34.3. The van der Waals surface area contributed by atoms with Crippen molar-refractivity contribution in [1.29, 1.82) is 0 Å². The number of carbonyl (C=O) groups excluding carboxylic acids is 6. The van der Waals surface area contributed by atoms with E-state index in [9.17, 15) is 28.8 Å². The molecule has 3 aromatic rings. The minimum absolute atomic E-state index is 0.0755. The summed E-state index contributed by atoms with van der Waals surface area (Å²) in [5, 5.41) is 9.46. The van der Waals surface area contributed by atoms with E-state index in [0.717, 1.165) is 56.9 Å². The zero-order valence-electron chi connectivity index (χ0n) is 43.5. The molecule has 73 heavy (non-hydrogen) atoms. The third-order valence-corrected chi connectivity index (χ3v) is 15.4. The topological polar surface area (TPSA) is 220 Å². The van der Waals surface area contributed by atoms with Crippen LogP contribution in [0.1, 0.15) is 93.6 Å². The lowest BCUT2D eigenvalue weighted by molar-refractivity contribution is -0.189. The number of benzene rings is 2. The highest BCUT2D eigenvalue weighted by atomic mass is 35.5. The number of amides is 6. The first kappa shape index (κ1) is 55.3. The molecular formula is C53H73Cl2N9O9. The van der Waals surface area contributed by atoms with Gasteiger partial charge in [0.25, 0.3) is 5.91 Å². The number of hydrogen-bond donors (Lipinski definition) is 4. The molecule has 5 fully saturated rings. The van der Waals surface area contributed by atoms with Crippen LogP contribution in [0.4, 0.5) is 10.5 Å². The Bertz CT molecular complexity index is 2480. The molecule has 0 bridgehead atoms. The smallest absolute Gasteiger partial charge is 0.315 e. The highest BCUT2D eigenvalue weighted by Crippen LogP contribution is 2.65. The zero-order chi connectivity index (χ0) is 53.2. The molecule has 8 rings (SSSR count). The zero-order valence-corrected chi connectivity index (χ0v) is 45.1. The quantitative estimate of drug-likeness (QED) is 0.131. The number of nitrogens with one attached hydrogen (secondary N) is 3. The van der Waals surface area contributed by atoms with Gasteiger partial charge in [-0.25, -0.2) is 9.78 Å². The summed E-state index contributed by atoms with van der Waals surface area (Å²) in [5.41, 5.74) is 5.86. The number of imidazole rings is 1. The molecule has 0 spiro atoms. The molecule has 398 valence electrons. The second kappa shape index (κ2) is 22.2. The lowest BCUT2D eigenvalue weighted by atomic mass is 9.80. The Balaban J connectivity index is 0.000000214. The maximum Gasteiger partial charge on any atom is 0.315 e. The SMILES string of the molecule is CC(=O)N1CCN(c2ccc(OC[C@H]3CO[C@](Cn4ccnc4)(c4ccc(Cl)cc4Cl)O3)cc2)CC1.CC(C)(C)NC(=O)N[C@H](C(=O)N1C[C@H]2[C@@H]([C@H]1C(=O)NC(CC1CCC1)C(=O)C(N)=O)C2(C)C)C(C)(C)C. The third kappa shape index (κ3) is 13.3. The number of hydrogen-bond acceptors (Lipinski definition) is 11. The predicted molar refractivity (Wildman–Crippen MR) is 277 cm³/mol. The molecule has 2 aliphatic carbocycles.